The molecule has 0 amide bonds. The van der Waals surface area contributed by atoms with E-state index in [1.807, 2.05) is 6.92 Å². The third-order valence-corrected chi connectivity index (χ3v) is 0.961. The summed E-state index contributed by atoms with van der Waals surface area (Å²) < 4.78 is 5.07. The number of nitrogens with one attached hydrogen (secondary N) is 1. The van der Waals surface area contributed by atoms with E-state index in [4.69, 9.17) is 9.57 Å². The van der Waals surface area contributed by atoms with Gasteiger partial charge in [-0.2, -0.15) is 0 Å². The number of rotatable bonds is 7. The van der Waals surface area contributed by atoms with Crippen LogP contribution in [0.25, 0.3) is 0 Å². The summed E-state index contributed by atoms with van der Waals surface area (Å²) in [7, 11) is 0. The number of ether oxygens (including phenoxy) is 1. The van der Waals surface area contributed by atoms with Gasteiger partial charge in [-0.05, 0) is 13.3 Å². The summed E-state index contributed by atoms with van der Waals surface area (Å²) in [4.78, 5) is 5.00. The minimum absolute atomic E-state index is 0.722. The molecule has 0 fully saturated rings. The molecule has 0 aromatic carbocycles. The molecule has 0 atom stereocenters. The van der Waals surface area contributed by atoms with Crippen molar-refractivity contribution in [3.05, 3.63) is 0 Å². The Morgan fingerprint density at radius 3 is 2.60 bits per heavy atom. The van der Waals surface area contributed by atoms with Crippen molar-refractivity contribution in [3.63, 3.8) is 0 Å². The Kier molecular flexibility index (Phi) is 8.77. The van der Waals surface area contributed by atoms with Crippen molar-refractivity contribution >= 4 is 0 Å². The summed E-state index contributed by atoms with van der Waals surface area (Å²) in [6.45, 7) is 7.09. The monoisotopic (exact) mass is 147 g/mol. The molecule has 0 aromatic rings. The zero-order valence-electron chi connectivity index (χ0n) is 6.85. The lowest BCUT2D eigenvalue weighted by atomic mass is 10.5. The third-order valence-electron chi connectivity index (χ3n) is 0.961. The second-order valence-electron chi connectivity index (χ2n) is 1.94. The van der Waals surface area contributed by atoms with Crippen molar-refractivity contribution in [2.75, 3.05) is 26.4 Å². The molecule has 10 heavy (non-hydrogen) atoms. The molecular formula is C7H17NO2. The average molecular weight is 147 g/mol. The molecule has 3 nitrogen and oxygen atoms in total. The molecule has 0 saturated heterocycles. The maximum Gasteiger partial charge on any atom is 0.0679 e. The zero-order valence-corrected chi connectivity index (χ0v) is 6.85. The predicted octanol–water partition coefficient (Wildman–Crippen LogP) is 0.954. The molecule has 62 valence electrons. The summed E-state index contributed by atoms with van der Waals surface area (Å²) >= 11 is 0. The van der Waals surface area contributed by atoms with E-state index < -0.39 is 0 Å². The fraction of sp³-hybridized carbons (Fsp3) is 1.00. The molecule has 0 aliphatic heterocycles. The van der Waals surface area contributed by atoms with Gasteiger partial charge in [0.05, 0.1) is 13.2 Å². The number of hydrogen-bond acceptors (Lipinski definition) is 3. The summed E-state index contributed by atoms with van der Waals surface area (Å²) in [6, 6.07) is 0. The van der Waals surface area contributed by atoms with Crippen LogP contribution in [0.2, 0.25) is 0 Å². The normalized spacial score (nSPS) is 10.2. The number of hydroxylamine groups is 1. The second-order valence-corrected chi connectivity index (χ2v) is 1.94. The first-order valence-electron chi connectivity index (χ1n) is 3.84. The molecule has 0 radical (unpaired) electrons. The molecule has 0 aliphatic rings. The summed E-state index contributed by atoms with van der Waals surface area (Å²) in [5.74, 6) is 0. The average Bonchev–Trinajstić information content (AvgIpc) is 1.97. The topological polar surface area (TPSA) is 30.5 Å². The van der Waals surface area contributed by atoms with Gasteiger partial charge in [-0.1, -0.05) is 6.92 Å². The van der Waals surface area contributed by atoms with E-state index in [-0.39, 0.29) is 0 Å². The van der Waals surface area contributed by atoms with Crippen LogP contribution in [0.15, 0.2) is 0 Å². The van der Waals surface area contributed by atoms with Gasteiger partial charge in [0.2, 0.25) is 0 Å². The van der Waals surface area contributed by atoms with Crippen molar-refractivity contribution in [1.82, 2.24) is 5.48 Å². The van der Waals surface area contributed by atoms with Crippen LogP contribution in [0, 0.1) is 0 Å². The zero-order chi connectivity index (χ0) is 7.66. The highest BCUT2D eigenvalue weighted by Gasteiger charge is 1.84. The van der Waals surface area contributed by atoms with E-state index in [9.17, 15) is 0 Å². The third kappa shape index (κ3) is 7.88. The molecule has 3 heteroatoms. The Morgan fingerprint density at radius 2 is 2.00 bits per heavy atom. The summed E-state index contributed by atoms with van der Waals surface area (Å²) in [5.41, 5.74) is 2.80. The van der Waals surface area contributed by atoms with Crippen molar-refractivity contribution in [2.24, 2.45) is 0 Å². The predicted molar refractivity (Wildman–Crippen MR) is 40.7 cm³/mol. The van der Waals surface area contributed by atoms with E-state index in [0.29, 0.717) is 0 Å². The van der Waals surface area contributed by atoms with E-state index >= 15 is 0 Å². The quantitative estimate of drug-likeness (QED) is 0.429. The largest absolute Gasteiger partial charge is 0.380 e. The maximum atomic E-state index is 5.07. The smallest absolute Gasteiger partial charge is 0.0679 e. The van der Waals surface area contributed by atoms with E-state index in [0.717, 1.165) is 32.8 Å². The van der Waals surface area contributed by atoms with Gasteiger partial charge < -0.3 is 9.57 Å². The van der Waals surface area contributed by atoms with Crippen LogP contribution in [0.4, 0.5) is 0 Å². The standard InChI is InChI=1S/C7H17NO2/c1-3-6-10-8-5-7-9-4-2/h8H,3-7H2,1-2H3. The van der Waals surface area contributed by atoms with Crippen LogP contribution < -0.4 is 5.48 Å². The van der Waals surface area contributed by atoms with Crippen LogP contribution in [0.3, 0.4) is 0 Å². The van der Waals surface area contributed by atoms with Gasteiger partial charge in [0, 0.05) is 13.2 Å². The van der Waals surface area contributed by atoms with E-state index in [1.54, 1.807) is 0 Å². The van der Waals surface area contributed by atoms with Crippen molar-refractivity contribution in [2.45, 2.75) is 20.3 Å². The highest BCUT2D eigenvalue weighted by molar-refractivity contribution is 4.30. The van der Waals surface area contributed by atoms with Gasteiger partial charge in [0.1, 0.15) is 0 Å². The summed E-state index contributed by atoms with van der Waals surface area (Å²) in [5, 5.41) is 0. The van der Waals surface area contributed by atoms with Gasteiger partial charge >= 0.3 is 0 Å². The fourth-order valence-electron chi connectivity index (χ4n) is 0.505. The molecule has 0 aromatic heterocycles. The molecule has 0 saturated carbocycles. The van der Waals surface area contributed by atoms with Crippen LogP contribution in [-0.2, 0) is 9.57 Å². The molecular weight excluding hydrogens is 130 g/mol. The minimum Gasteiger partial charge on any atom is -0.380 e. The molecule has 0 unspecified atom stereocenters. The van der Waals surface area contributed by atoms with Gasteiger partial charge in [0.15, 0.2) is 0 Å². The highest BCUT2D eigenvalue weighted by Crippen LogP contribution is 1.75. The summed E-state index contributed by atoms with van der Waals surface area (Å²) in [6.07, 6.45) is 1.04. The molecule has 0 heterocycles. The lowest BCUT2D eigenvalue weighted by Crippen LogP contribution is -2.20. The first-order valence-corrected chi connectivity index (χ1v) is 3.84. The Morgan fingerprint density at radius 1 is 1.20 bits per heavy atom. The first kappa shape index (κ1) is 9.88. The van der Waals surface area contributed by atoms with Gasteiger partial charge in [-0.3, -0.25) is 0 Å². The SMILES string of the molecule is CCCONCCOCC. The lowest BCUT2D eigenvalue weighted by molar-refractivity contribution is 0.0223. The van der Waals surface area contributed by atoms with Crippen molar-refractivity contribution in [1.29, 1.82) is 0 Å². The Bertz CT molecular complexity index is 51.6. The number of hydrogen-bond donors (Lipinski definition) is 1. The fourth-order valence-corrected chi connectivity index (χ4v) is 0.505. The minimum atomic E-state index is 0.722. The van der Waals surface area contributed by atoms with Crippen molar-refractivity contribution in [3.8, 4) is 0 Å². The molecule has 0 rings (SSSR count). The van der Waals surface area contributed by atoms with E-state index in [2.05, 4.69) is 12.4 Å². The van der Waals surface area contributed by atoms with Crippen molar-refractivity contribution < 1.29 is 9.57 Å². The molecule has 1 N–H and O–H groups in total. The lowest BCUT2D eigenvalue weighted by Gasteiger charge is -2.03. The molecule has 0 spiro atoms. The van der Waals surface area contributed by atoms with Gasteiger partial charge in [0.25, 0.3) is 0 Å². The van der Waals surface area contributed by atoms with E-state index in [1.165, 1.54) is 0 Å². The maximum absolute atomic E-state index is 5.07. The Balaban J connectivity index is 2.65. The van der Waals surface area contributed by atoms with Crippen LogP contribution in [-0.4, -0.2) is 26.4 Å². The highest BCUT2D eigenvalue weighted by atomic mass is 16.6. The van der Waals surface area contributed by atoms with Crippen LogP contribution in [0.1, 0.15) is 20.3 Å². The molecule has 0 aliphatic carbocycles. The first-order chi connectivity index (χ1) is 4.91. The Labute approximate surface area is 62.7 Å². The second kappa shape index (κ2) is 8.88. The van der Waals surface area contributed by atoms with Gasteiger partial charge in [-0.15, -0.1) is 0 Å². The molecule has 0 bridgehead atoms. The Hall–Kier alpha value is -0.120. The van der Waals surface area contributed by atoms with Crippen LogP contribution in [0.5, 0.6) is 0 Å². The van der Waals surface area contributed by atoms with Crippen LogP contribution >= 0.6 is 0 Å². The van der Waals surface area contributed by atoms with Gasteiger partial charge in [-0.25, -0.2) is 5.48 Å².